The van der Waals surface area contributed by atoms with Crippen LogP contribution >= 0.6 is 12.4 Å². The highest BCUT2D eigenvalue weighted by Crippen LogP contribution is 2.43. The van der Waals surface area contributed by atoms with Crippen molar-refractivity contribution >= 4 is 24.0 Å². The molecule has 4 nitrogen and oxygen atoms in total. The summed E-state index contributed by atoms with van der Waals surface area (Å²) < 4.78 is 5.45. The van der Waals surface area contributed by atoms with Gasteiger partial charge in [-0.05, 0) is 49.3 Å². The molecule has 0 heterocycles. The van der Waals surface area contributed by atoms with Gasteiger partial charge < -0.3 is 15.8 Å². The largest absolute Gasteiger partial charge is 0.399 e. The van der Waals surface area contributed by atoms with Gasteiger partial charge in [0, 0.05) is 25.4 Å². The Morgan fingerprint density at radius 3 is 2.55 bits per heavy atom. The SMILES string of the molecule is CCOCCC1(CNC(=O)Cc2ccc(N)cc2)CCC1.Cl. The molecule has 124 valence electrons. The average molecular weight is 327 g/mol. The minimum atomic E-state index is 0. The van der Waals surface area contributed by atoms with Gasteiger partial charge in [-0.3, -0.25) is 4.79 Å². The standard InChI is InChI=1S/C17H26N2O2.ClH/c1-2-21-11-10-17(8-3-9-17)13-19-16(20)12-14-4-6-15(18)7-5-14;/h4-7H,2-3,8-13,18H2,1H3,(H,19,20);1H. The van der Waals surface area contributed by atoms with E-state index < -0.39 is 0 Å². The number of anilines is 1. The molecule has 0 atom stereocenters. The fourth-order valence-electron chi connectivity index (χ4n) is 2.79. The van der Waals surface area contributed by atoms with Crippen molar-refractivity contribution in [2.45, 2.75) is 39.0 Å². The number of ether oxygens (including phenoxy) is 1. The molecule has 2 rings (SSSR count). The van der Waals surface area contributed by atoms with E-state index in [1.807, 2.05) is 31.2 Å². The fraction of sp³-hybridized carbons (Fsp3) is 0.588. The summed E-state index contributed by atoms with van der Waals surface area (Å²) in [6, 6.07) is 7.47. The minimum absolute atomic E-state index is 0. The molecule has 1 fully saturated rings. The fourth-order valence-corrected chi connectivity index (χ4v) is 2.79. The van der Waals surface area contributed by atoms with Crippen molar-refractivity contribution < 1.29 is 9.53 Å². The molecule has 22 heavy (non-hydrogen) atoms. The first-order valence-electron chi connectivity index (χ1n) is 7.82. The van der Waals surface area contributed by atoms with E-state index in [0.29, 0.717) is 6.42 Å². The summed E-state index contributed by atoms with van der Waals surface area (Å²) in [5, 5.41) is 3.09. The number of halogens is 1. The predicted octanol–water partition coefficient (Wildman–Crippen LogP) is 2.95. The molecule has 0 unspecified atom stereocenters. The van der Waals surface area contributed by atoms with Crippen molar-refractivity contribution in [1.82, 2.24) is 5.32 Å². The molecule has 0 spiro atoms. The zero-order valence-corrected chi connectivity index (χ0v) is 14.1. The molecule has 0 aliphatic heterocycles. The molecule has 1 aromatic rings. The topological polar surface area (TPSA) is 64.3 Å². The summed E-state index contributed by atoms with van der Waals surface area (Å²) in [4.78, 5) is 12.0. The number of nitrogen functional groups attached to an aromatic ring is 1. The van der Waals surface area contributed by atoms with E-state index in [2.05, 4.69) is 5.32 Å². The Hall–Kier alpha value is -1.26. The number of nitrogens with two attached hydrogens (primary N) is 1. The highest BCUT2D eigenvalue weighted by atomic mass is 35.5. The second kappa shape index (κ2) is 9.01. The van der Waals surface area contributed by atoms with E-state index >= 15 is 0 Å². The normalized spacial score (nSPS) is 15.5. The Balaban J connectivity index is 0.00000242. The molecule has 1 aliphatic rings. The van der Waals surface area contributed by atoms with Gasteiger partial charge in [-0.1, -0.05) is 18.6 Å². The summed E-state index contributed by atoms with van der Waals surface area (Å²) in [5.41, 5.74) is 7.64. The van der Waals surface area contributed by atoms with Crippen LogP contribution in [-0.2, 0) is 16.0 Å². The lowest BCUT2D eigenvalue weighted by Gasteiger charge is -2.42. The number of rotatable bonds is 8. The van der Waals surface area contributed by atoms with Crippen LogP contribution in [-0.4, -0.2) is 25.7 Å². The van der Waals surface area contributed by atoms with Crippen molar-refractivity contribution in [1.29, 1.82) is 0 Å². The van der Waals surface area contributed by atoms with Gasteiger partial charge in [-0.25, -0.2) is 0 Å². The molecule has 1 aromatic carbocycles. The summed E-state index contributed by atoms with van der Waals surface area (Å²) in [6.45, 7) is 4.35. The number of hydrogen-bond acceptors (Lipinski definition) is 3. The Bertz CT molecular complexity index is 458. The number of hydrogen-bond donors (Lipinski definition) is 2. The minimum Gasteiger partial charge on any atom is -0.399 e. The number of nitrogens with one attached hydrogen (secondary N) is 1. The van der Waals surface area contributed by atoms with E-state index in [0.717, 1.165) is 37.4 Å². The van der Waals surface area contributed by atoms with E-state index in [1.54, 1.807) is 0 Å². The zero-order valence-electron chi connectivity index (χ0n) is 13.3. The summed E-state index contributed by atoms with van der Waals surface area (Å²) in [5.74, 6) is 0.0856. The lowest BCUT2D eigenvalue weighted by Crippen LogP contribution is -2.43. The summed E-state index contributed by atoms with van der Waals surface area (Å²) >= 11 is 0. The van der Waals surface area contributed by atoms with Gasteiger partial charge in [0.25, 0.3) is 0 Å². The quantitative estimate of drug-likeness (QED) is 0.570. The smallest absolute Gasteiger partial charge is 0.224 e. The van der Waals surface area contributed by atoms with Crippen LogP contribution in [0.3, 0.4) is 0 Å². The highest BCUT2D eigenvalue weighted by Gasteiger charge is 2.36. The van der Waals surface area contributed by atoms with Crippen LogP contribution in [0.2, 0.25) is 0 Å². The van der Waals surface area contributed by atoms with Crippen LogP contribution in [0.4, 0.5) is 5.69 Å². The molecule has 0 bridgehead atoms. The molecule has 0 aromatic heterocycles. The van der Waals surface area contributed by atoms with E-state index in [4.69, 9.17) is 10.5 Å². The third-order valence-corrected chi connectivity index (χ3v) is 4.40. The monoisotopic (exact) mass is 326 g/mol. The van der Waals surface area contributed by atoms with E-state index in [-0.39, 0.29) is 23.7 Å². The molecule has 0 saturated heterocycles. The van der Waals surface area contributed by atoms with Crippen LogP contribution < -0.4 is 11.1 Å². The Kier molecular flexibility index (Phi) is 7.69. The van der Waals surface area contributed by atoms with Crippen molar-refractivity contribution in [3.63, 3.8) is 0 Å². The van der Waals surface area contributed by atoms with Crippen LogP contribution in [0.5, 0.6) is 0 Å². The second-order valence-electron chi connectivity index (χ2n) is 6.00. The van der Waals surface area contributed by atoms with Crippen LogP contribution in [0.1, 0.15) is 38.2 Å². The Labute approximate surface area is 139 Å². The van der Waals surface area contributed by atoms with Crippen molar-refractivity contribution in [2.75, 3.05) is 25.5 Å². The number of benzene rings is 1. The van der Waals surface area contributed by atoms with Gasteiger partial charge in [-0.15, -0.1) is 12.4 Å². The molecule has 1 saturated carbocycles. The number of carbonyl (C=O) groups excluding carboxylic acids is 1. The van der Waals surface area contributed by atoms with Gasteiger partial charge in [0.15, 0.2) is 0 Å². The maximum absolute atomic E-state index is 12.0. The van der Waals surface area contributed by atoms with E-state index in [9.17, 15) is 4.79 Å². The van der Waals surface area contributed by atoms with Gasteiger partial charge in [0.1, 0.15) is 0 Å². The third kappa shape index (κ3) is 5.50. The Morgan fingerprint density at radius 2 is 2.00 bits per heavy atom. The summed E-state index contributed by atoms with van der Waals surface area (Å²) in [6.07, 6.45) is 5.12. The molecule has 3 N–H and O–H groups in total. The maximum atomic E-state index is 12.0. The Morgan fingerprint density at radius 1 is 1.32 bits per heavy atom. The van der Waals surface area contributed by atoms with Crippen molar-refractivity contribution in [3.8, 4) is 0 Å². The molecule has 1 amide bonds. The van der Waals surface area contributed by atoms with E-state index in [1.165, 1.54) is 19.3 Å². The molecule has 1 aliphatic carbocycles. The highest BCUT2D eigenvalue weighted by molar-refractivity contribution is 5.85. The average Bonchev–Trinajstić information content (AvgIpc) is 2.43. The molecule has 5 heteroatoms. The first-order valence-corrected chi connectivity index (χ1v) is 7.82. The van der Waals surface area contributed by atoms with Crippen LogP contribution in [0.25, 0.3) is 0 Å². The lowest BCUT2D eigenvalue weighted by atomic mass is 9.66. The molecule has 0 radical (unpaired) electrons. The van der Waals surface area contributed by atoms with Crippen molar-refractivity contribution in [3.05, 3.63) is 29.8 Å². The van der Waals surface area contributed by atoms with Crippen LogP contribution in [0, 0.1) is 5.41 Å². The predicted molar refractivity (Wildman–Crippen MR) is 92.2 cm³/mol. The number of carbonyl (C=O) groups is 1. The summed E-state index contributed by atoms with van der Waals surface area (Å²) in [7, 11) is 0. The maximum Gasteiger partial charge on any atom is 0.224 e. The van der Waals surface area contributed by atoms with Gasteiger partial charge in [0.05, 0.1) is 6.42 Å². The van der Waals surface area contributed by atoms with Crippen molar-refractivity contribution in [2.24, 2.45) is 5.41 Å². The zero-order chi connectivity index (χ0) is 15.1. The first kappa shape index (κ1) is 18.8. The second-order valence-corrected chi connectivity index (χ2v) is 6.00. The van der Waals surface area contributed by atoms with Crippen LogP contribution in [0.15, 0.2) is 24.3 Å². The van der Waals surface area contributed by atoms with Gasteiger partial charge in [0.2, 0.25) is 5.91 Å². The first-order chi connectivity index (χ1) is 10.1. The third-order valence-electron chi connectivity index (χ3n) is 4.40. The molecular weight excluding hydrogens is 300 g/mol. The lowest BCUT2D eigenvalue weighted by molar-refractivity contribution is -0.121. The van der Waals surface area contributed by atoms with Gasteiger partial charge in [-0.2, -0.15) is 0 Å². The van der Waals surface area contributed by atoms with Gasteiger partial charge >= 0.3 is 0 Å². The number of amides is 1. The molecular formula is C17H27ClN2O2.